The lowest BCUT2D eigenvalue weighted by Gasteiger charge is -2.35. The number of piperidine rings is 1. The number of likely N-dealkylation sites (N-methyl/N-ethyl adjacent to an activating group) is 1. The molecule has 4 saturated heterocycles. The number of imidazole rings is 2. The first kappa shape index (κ1) is 111. The molecule has 24 N–H and O–H groups in total. The molecule has 10 rings (SSSR count). The summed E-state index contributed by atoms with van der Waals surface area (Å²) in [4.78, 5) is 252. The first-order valence-electron chi connectivity index (χ1n) is 49.1. The van der Waals surface area contributed by atoms with Crippen LogP contribution in [-0.2, 0) is 102 Å². The maximum atomic E-state index is 15.3. The lowest BCUT2D eigenvalue weighted by atomic mass is 9.84. The summed E-state index contributed by atoms with van der Waals surface area (Å²) in [7, 11) is 1.28. The second-order valence-corrected chi connectivity index (χ2v) is 39.9. The summed E-state index contributed by atoms with van der Waals surface area (Å²) < 4.78 is 0.757. The second kappa shape index (κ2) is 52.9. The molecule has 3 aromatic carbocycles. The van der Waals surface area contributed by atoms with Gasteiger partial charge in [-0.1, -0.05) is 109 Å². The van der Waals surface area contributed by atoms with E-state index in [1.54, 1.807) is 44.3 Å². The summed E-state index contributed by atoms with van der Waals surface area (Å²) in [6.07, 6.45) is 11.1. The number of aliphatic carboxylic acids is 1. The van der Waals surface area contributed by atoms with Crippen LogP contribution in [-0.4, -0.2) is 289 Å². The highest BCUT2D eigenvalue weighted by Gasteiger charge is 2.51. The summed E-state index contributed by atoms with van der Waals surface area (Å²) in [6, 6.07) is 9.19. The lowest BCUT2D eigenvalue weighted by molar-refractivity contribution is -0.152. The van der Waals surface area contributed by atoms with Gasteiger partial charge in [-0.25, -0.2) is 14.8 Å². The third kappa shape index (κ3) is 32.0. The molecule has 44 heteroatoms. The van der Waals surface area contributed by atoms with Gasteiger partial charge in [-0.15, -0.1) is 0 Å². The Morgan fingerprint density at radius 1 is 0.563 bits per heavy atom. The number of nitrogens with two attached hydrogens (primary N) is 3. The van der Waals surface area contributed by atoms with Gasteiger partial charge in [0.05, 0.1) is 24.9 Å². The Morgan fingerprint density at radius 2 is 1.14 bits per heavy atom. The molecule has 772 valence electrons. The van der Waals surface area contributed by atoms with Gasteiger partial charge < -0.3 is 121 Å². The highest BCUT2D eigenvalue weighted by Crippen LogP contribution is 2.41. The number of amides is 15. The fourth-order valence-electron chi connectivity index (χ4n) is 19.2. The van der Waals surface area contributed by atoms with Crippen molar-refractivity contribution in [2.45, 2.75) is 274 Å². The number of primary amides is 1. The Morgan fingerprint density at radius 3 is 1.75 bits per heavy atom. The molecule has 5 aromatic rings. The van der Waals surface area contributed by atoms with Gasteiger partial charge in [0.15, 0.2) is 11.9 Å². The van der Waals surface area contributed by atoms with Gasteiger partial charge in [-0.3, -0.25) is 82.7 Å². The van der Waals surface area contributed by atoms with Crippen molar-refractivity contribution in [1.82, 2.24) is 109 Å². The van der Waals surface area contributed by atoms with Crippen LogP contribution in [0.15, 0.2) is 108 Å². The number of rotatable bonds is 51. The summed E-state index contributed by atoms with van der Waals surface area (Å²) in [5.74, 6) is -13.9. The molecule has 0 spiro atoms. The summed E-state index contributed by atoms with van der Waals surface area (Å²) in [6.45, 7) is 10.2. The molecule has 1 aliphatic carbocycles. The molecule has 4 aliphatic heterocycles. The van der Waals surface area contributed by atoms with Crippen LogP contribution < -0.4 is 86.3 Å². The largest absolute Gasteiger partial charge is 0.480 e. The lowest BCUT2D eigenvalue weighted by Crippen LogP contribution is -2.63. The summed E-state index contributed by atoms with van der Waals surface area (Å²) in [5, 5.41) is 62.6. The molecule has 0 bridgehead atoms. The molecule has 43 nitrogen and oxygen atoms in total. The standard InChI is InChI=1S/C98H141BrN26O17/c1-57(2)46-69(116-82(129)67(22-15-40-110-96(103)104)114-86(133)76-24-16-44-123(76)89(136)68(21-13-14-39-109-95(101)102)115-85(132)75(34-35-79(100)126)122(7)94(142)97(3,4)92(140)108-43-38-65-52-106-55-112-65)84(131)121-98(5,6)93(141)120-71(51-66-53-107-56-113-66)83(130)117-70(47-60-36-41-105-42-37-60)81(128)111-54-80(127)125-74-23-12-11-20-63(74)50-78(125)88(135)118-72(48-59-28-32-64(99)33-29-59)90(137)124-45-17-25-77(124)87(134)119-73(91(138)139)49-58-26-30-62(31-27-58)61-18-9-8-10-19-61/h8-10,18-19,26-33,52-53,55-57,60,63,67-78,105H,11-17,20-25,34-51,54H2,1-7H3,(H2,100,126)(H,106,112)(H,107,113)(H,108,140)(H,111,128)(H,114,133)(H,115,132)(H,116,129)(H,117,130)(H,118,135)(H,119,134)(H,120,141)(H,121,131)(H,138,139)(H4,101,102,109)(H4,103,104,110)/t63-,67+,68-,69-,70-,71-,72-,73+,74-,75-,76-,77-,78-/m0/s1. The van der Waals surface area contributed by atoms with Crippen molar-refractivity contribution in [2.75, 3.05) is 59.4 Å². The minimum atomic E-state index is -1.89. The molecule has 5 fully saturated rings. The molecule has 15 amide bonds. The zero-order valence-electron chi connectivity index (χ0n) is 81.9. The van der Waals surface area contributed by atoms with E-state index >= 15 is 28.8 Å². The first-order valence-corrected chi connectivity index (χ1v) is 49.9. The Labute approximate surface area is 834 Å². The Kier molecular flexibility index (Phi) is 41.2. The van der Waals surface area contributed by atoms with E-state index in [-0.39, 0.29) is 159 Å². The number of carboxylic acid groups (broad SMARTS) is 1. The number of fused-ring (bicyclic) bond motifs is 1. The molecular weight excluding hydrogens is 1890 g/mol. The number of guanidine groups is 2. The van der Waals surface area contributed by atoms with Gasteiger partial charge in [0.25, 0.3) is 0 Å². The SMILES string of the molecule is CC(C)C[C@H](NC(=O)[C@@H](CCCNC(=N)N)NC(=O)[C@@H]1CCCN1C(=O)[C@H](CCCCNC(=N)N)NC(=O)[C@H](CCC(N)=O)N(C)C(=O)C(C)(C)C(=O)NCCc1cnc[nH]1)C(=O)NC(C)(C)C(=O)N[C@@H](Cc1c[nH]cn1)C(=O)N[C@@H](CC1CCNCC1)C(=O)NCC(=O)N1[C@H](C(=O)N[C@@H](Cc2ccc(Br)cc2)C(=O)N2CCC[C@H]2C(=O)N[C@H](Cc2ccc(-c3ccccc3)cc2)C(=O)O)C[C@@H]2CCCC[C@@H]21. The average molecular weight is 2040 g/mol. The van der Waals surface area contributed by atoms with Crippen LogP contribution in [0.2, 0.25) is 0 Å². The second-order valence-electron chi connectivity index (χ2n) is 39.0. The monoisotopic (exact) mass is 2030 g/mol. The van der Waals surface area contributed by atoms with Crippen molar-refractivity contribution in [2.24, 2.45) is 40.4 Å². The number of H-pyrrole nitrogens is 2. The maximum Gasteiger partial charge on any atom is 0.326 e. The number of carbonyl (C=O) groups excluding carboxylic acids is 15. The van der Waals surface area contributed by atoms with E-state index in [1.165, 1.54) is 68.3 Å². The van der Waals surface area contributed by atoms with Gasteiger partial charge in [0, 0.05) is 100 Å². The van der Waals surface area contributed by atoms with E-state index in [9.17, 15) is 53.1 Å². The summed E-state index contributed by atoms with van der Waals surface area (Å²) in [5.41, 5.74) is 17.4. The van der Waals surface area contributed by atoms with Crippen LogP contribution in [0.1, 0.15) is 192 Å². The highest BCUT2D eigenvalue weighted by molar-refractivity contribution is 9.10. The van der Waals surface area contributed by atoms with Crippen molar-refractivity contribution < 1.29 is 81.8 Å². The Bertz CT molecular complexity index is 5200. The van der Waals surface area contributed by atoms with Crippen molar-refractivity contribution in [3.8, 4) is 11.1 Å². The topological polar surface area (TPSA) is 646 Å². The average Bonchev–Trinajstić information content (AvgIpc) is 1.61. The fourth-order valence-corrected chi connectivity index (χ4v) is 19.4. The van der Waals surface area contributed by atoms with Gasteiger partial charge in [0.2, 0.25) is 88.6 Å². The van der Waals surface area contributed by atoms with Crippen LogP contribution in [0.3, 0.4) is 0 Å². The summed E-state index contributed by atoms with van der Waals surface area (Å²) >= 11 is 3.48. The Hall–Kier alpha value is -13.4. The molecule has 6 heterocycles. The third-order valence-electron chi connectivity index (χ3n) is 27.0. The smallest absolute Gasteiger partial charge is 0.326 e. The van der Waals surface area contributed by atoms with Crippen LogP contribution in [0, 0.1) is 34.0 Å². The highest BCUT2D eigenvalue weighted by atomic mass is 79.9. The van der Waals surface area contributed by atoms with Crippen LogP contribution >= 0.6 is 15.9 Å². The van der Waals surface area contributed by atoms with Gasteiger partial charge in [-0.2, -0.15) is 0 Å². The van der Waals surface area contributed by atoms with Crippen molar-refractivity contribution in [3.05, 3.63) is 131 Å². The Balaban J connectivity index is 0.810. The zero-order valence-corrected chi connectivity index (χ0v) is 83.5. The zero-order chi connectivity index (χ0) is 103. The van der Waals surface area contributed by atoms with Crippen LogP contribution in [0.25, 0.3) is 11.1 Å². The number of aromatic amines is 2. The van der Waals surface area contributed by atoms with E-state index in [4.69, 9.17) is 28.0 Å². The minimum Gasteiger partial charge on any atom is -0.480 e. The van der Waals surface area contributed by atoms with Crippen molar-refractivity contribution >= 4 is 122 Å². The van der Waals surface area contributed by atoms with E-state index in [0.717, 1.165) is 39.0 Å². The molecule has 2 aromatic heterocycles. The predicted molar refractivity (Wildman–Crippen MR) is 529 cm³/mol. The van der Waals surface area contributed by atoms with Crippen molar-refractivity contribution in [1.29, 1.82) is 10.8 Å². The normalized spacial score (nSPS) is 18.6. The number of aromatic nitrogens is 4. The predicted octanol–water partition coefficient (Wildman–Crippen LogP) is 1.05. The van der Waals surface area contributed by atoms with E-state index < -0.39 is 185 Å². The third-order valence-corrected chi connectivity index (χ3v) is 27.5. The van der Waals surface area contributed by atoms with Gasteiger partial charge in [0.1, 0.15) is 77.4 Å². The van der Waals surface area contributed by atoms with Gasteiger partial charge in [-0.05, 0) is 202 Å². The molecule has 142 heavy (non-hydrogen) atoms. The van der Waals surface area contributed by atoms with E-state index in [0.29, 0.717) is 74.9 Å². The number of likely N-dealkylation sites (tertiary alicyclic amines) is 3. The fraction of sp³-hybridized carbons (Fsp3) is 0.571. The number of hydrogen-bond donors (Lipinski definition) is 21. The number of carboxylic acids is 1. The molecule has 1 saturated carbocycles. The van der Waals surface area contributed by atoms with Gasteiger partial charge >= 0.3 is 5.97 Å². The maximum absolute atomic E-state index is 15.3. The molecule has 0 unspecified atom stereocenters. The van der Waals surface area contributed by atoms with E-state index in [1.807, 2.05) is 54.6 Å². The molecule has 13 atom stereocenters. The minimum absolute atomic E-state index is 0.00139. The number of nitrogens with one attached hydrogen (secondary N) is 17. The number of halogens is 1. The molecule has 5 aliphatic rings. The number of unbranched alkanes of at least 4 members (excludes halogenated alkanes) is 1. The van der Waals surface area contributed by atoms with E-state index in [2.05, 4.69) is 105 Å². The number of benzene rings is 3. The number of nitrogens with zero attached hydrogens (tertiary/aromatic N) is 6. The number of carbonyl (C=O) groups is 16. The first-order chi connectivity index (χ1) is 67.7. The quantitative estimate of drug-likeness (QED) is 0.0112. The molecular formula is C98H141BrN26O17. The van der Waals surface area contributed by atoms with Crippen LogP contribution in [0.5, 0.6) is 0 Å². The molecule has 0 radical (unpaired) electrons. The van der Waals surface area contributed by atoms with Crippen LogP contribution in [0.4, 0.5) is 0 Å². The van der Waals surface area contributed by atoms with Crippen molar-refractivity contribution in [3.63, 3.8) is 0 Å². The number of hydrogen-bond acceptors (Lipinski definition) is 21.